The van der Waals surface area contributed by atoms with Crippen LogP contribution in [-0.4, -0.2) is 45.0 Å². The number of hydrogen-bond acceptors (Lipinski definition) is 6. The maximum Gasteiger partial charge on any atom is 0.258 e. The predicted octanol–water partition coefficient (Wildman–Crippen LogP) is 1.94. The number of carbonyl (C=O) groups is 1. The highest BCUT2D eigenvalue weighted by atomic mass is 16.6. The van der Waals surface area contributed by atoms with Crippen LogP contribution in [0, 0.1) is 0 Å². The highest BCUT2D eigenvalue weighted by molar-refractivity contribution is 5.99. The van der Waals surface area contributed by atoms with E-state index in [1.807, 2.05) is 0 Å². The van der Waals surface area contributed by atoms with Gasteiger partial charge in [0.05, 0.1) is 20.3 Å². The van der Waals surface area contributed by atoms with E-state index in [-0.39, 0.29) is 12.1 Å². The normalized spacial score (nSPS) is 13.7. The summed E-state index contributed by atoms with van der Waals surface area (Å²) < 4.78 is 21.4. The van der Waals surface area contributed by atoms with E-state index in [4.69, 9.17) is 18.9 Å². The summed E-state index contributed by atoms with van der Waals surface area (Å²) in [5.74, 6) is 1.64. The third-order valence-corrected chi connectivity index (χ3v) is 4.06. The molecule has 0 aliphatic carbocycles. The van der Waals surface area contributed by atoms with E-state index < -0.39 is 12.0 Å². The lowest BCUT2D eigenvalue weighted by molar-refractivity contribution is 0.0909. The number of rotatable bonds is 6. The minimum Gasteiger partial charge on any atom is -0.496 e. The van der Waals surface area contributed by atoms with Crippen molar-refractivity contribution in [2.45, 2.75) is 6.10 Å². The molecule has 2 N–H and O–H groups in total. The molecule has 0 aromatic heterocycles. The topological polar surface area (TPSA) is 86.3 Å². The summed E-state index contributed by atoms with van der Waals surface area (Å²) >= 11 is 0. The second-order valence-corrected chi connectivity index (χ2v) is 5.67. The Balaban J connectivity index is 1.70. The Kier molecular flexibility index (Phi) is 5.48. The van der Waals surface area contributed by atoms with Gasteiger partial charge in [-0.2, -0.15) is 0 Å². The molecule has 0 bridgehead atoms. The zero-order chi connectivity index (χ0) is 18.5. The molecule has 7 heteroatoms. The molecular weight excluding hydrogens is 338 g/mol. The molecule has 1 amide bonds. The highest BCUT2D eigenvalue weighted by Gasteiger charge is 2.20. The van der Waals surface area contributed by atoms with Crippen molar-refractivity contribution in [1.29, 1.82) is 0 Å². The summed E-state index contributed by atoms with van der Waals surface area (Å²) in [6.07, 6.45) is -0.893. The Hall–Kier alpha value is -2.93. The number of amides is 1. The molecule has 2 aromatic rings. The molecule has 1 heterocycles. The number of nitrogens with one attached hydrogen (secondary N) is 1. The average Bonchev–Trinajstić information content (AvgIpc) is 2.70. The summed E-state index contributed by atoms with van der Waals surface area (Å²) in [5, 5.41) is 13.1. The maximum absolute atomic E-state index is 12.5. The molecule has 0 fully saturated rings. The van der Waals surface area contributed by atoms with Gasteiger partial charge in [0.15, 0.2) is 11.5 Å². The van der Waals surface area contributed by atoms with Crippen molar-refractivity contribution in [3.8, 4) is 23.0 Å². The van der Waals surface area contributed by atoms with Crippen molar-refractivity contribution >= 4 is 5.91 Å². The molecule has 7 nitrogen and oxygen atoms in total. The molecule has 2 aromatic carbocycles. The minimum atomic E-state index is -0.893. The number of aliphatic hydroxyl groups is 1. The monoisotopic (exact) mass is 359 g/mol. The van der Waals surface area contributed by atoms with E-state index in [1.165, 1.54) is 14.2 Å². The van der Waals surface area contributed by atoms with Crippen LogP contribution in [0.3, 0.4) is 0 Å². The van der Waals surface area contributed by atoms with Gasteiger partial charge in [-0.25, -0.2) is 0 Å². The number of aliphatic hydroxyl groups excluding tert-OH is 1. The molecule has 0 spiro atoms. The van der Waals surface area contributed by atoms with Crippen molar-refractivity contribution in [2.75, 3.05) is 34.0 Å². The van der Waals surface area contributed by atoms with E-state index in [9.17, 15) is 9.90 Å². The third-order valence-electron chi connectivity index (χ3n) is 4.06. The Morgan fingerprint density at radius 2 is 1.77 bits per heavy atom. The largest absolute Gasteiger partial charge is 0.496 e. The van der Waals surface area contributed by atoms with Crippen LogP contribution in [0.5, 0.6) is 23.0 Å². The number of hydrogen-bond donors (Lipinski definition) is 2. The SMILES string of the molecule is COc1cccc(OC)c1C(=O)NCC(O)c1ccc2c(c1)OCCO2. The molecular formula is C19H21NO6. The predicted molar refractivity (Wildman–Crippen MR) is 94.3 cm³/mol. The maximum atomic E-state index is 12.5. The molecule has 0 radical (unpaired) electrons. The molecule has 3 rings (SSSR count). The fraction of sp³-hybridized carbons (Fsp3) is 0.316. The van der Waals surface area contributed by atoms with Crippen LogP contribution >= 0.6 is 0 Å². The first-order chi connectivity index (χ1) is 12.6. The Morgan fingerprint density at radius 1 is 1.12 bits per heavy atom. The second-order valence-electron chi connectivity index (χ2n) is 5.67. The van der Waals surface area contributed by atoms with E-state index in [1.54, 1.807) is 36.4 Å². The molecule has 1 atom stereocenters. The van der Waals surface area contributed by atoms with Crippen LogP contribution in [0.25, 0.3) is 0 Å². The molecule has 0 saturated heterocycles. The van der Waals surface area contributed by atoms with Gasteiger partial charge >= 0.3 is 0 Å². The van der Waals surface area contributed by atoms with Gasteiger partial charge in [-0.3, -0.25) is 4.79 Å². The van der Waals surface area contributed by atoms with Crippen molar-refractivity contribution < 1.29 is 28.8 Å². The van der Waals surface area contributed by atoms with Crippen LogP contribution in [0.1, 0.15) is 22.0 Å². The van der Waals surface area contributed by atoms with Crippen LogP contribution < -0.4 is 24.3 Å². The first kappa shape index (κ1) is 17.9. The van der Waals surface area contributed by atoms with Gasteiger partial charge in [0.1, 0.15) is 30.3 Å². The van der Waals surface area contributed by atoms with Gasteiger partial charge in [0.2, 0.25) is 0 Å². The average molecular weight is 359 g/mol. The van der Waals surface area contributed by atoms with Crippen LogP contribution in [0.4, 0.5) is 0 Å². The standard InChI is InChI=1S/C19H21NO6/c1-23-15-4-3-5-16(24-2)18(15)19(22)20-11-13(21)12-6-7-14-17(10-12)26-9-8-25-14/h3-7,10,13,21H,8-9,11H2,1-2H3,(H,20,22). The van der Waals surface area contributed by atoms with E-state index in [0.29, 0.717) is 41.8 Å². The Morgan fingerprint density at radius 3 is 2.42 bits per heavy atom. The fourth-order valence-electron chi connectivity index (χ4n) is 2.74. The fourth-order valence-corrected chi connectivity index (χ4v) is 2.74. The molecule has 0 saturated carbocycles. The van der Waals surface area contributed by atoms with Crippen molar-refractivity contribution in [2.24, 2.45) is 0 Å². The summed E-state index contributed by atoms with van der Waals surface area (Å²) in [5.41, 5.74) is 0.911. The number of methoxy groups -OCH3 is 2. The summed E-state index contributed by atoms with van der Waals surface area (Å²) in [6.45, 7) is 1.00. The molecule has 1 aliphatic heterocycles. The zero-order valence-electron chi connectivity index (χ0n) is 14.7. The van der Waals surface area contributed by atoms with Crippen molar-refractivity contribution in [3.63, 3.8) is 0 Å². The van der Waals surface area contributed by atoms with E-state index in [0.717, 1.165) is 0 Å². The van der Waals surface area contributed by atoms with Crippen LogP contribution in [0.15, 0.2) is 36.4 Å². The summed E-state index contributed by atoms with van der Waals surface area (Å²) in [6, 6.07) is 10.3. The lowest BCUT2D eigenvalue weighted by Crippen LogP contribution is -2.29. The van der Waals surface area contributed by atoms with Gasteiger partial charge in [-0.15, -0.1) is 0 Å². The molecule has 1 unspecified atom stereocenters. The minimum absolute atomic E-state index is 0.0275. The van der Waals surface area contributed by atoms with Gasteiger partial charge in [-0.05, 0) is 29.8 Å². The van der Waals surface area contributed by atoms with Gasteiger partial charge in [-0.1, -0.05) is 12.1 Å². The van der Waals surface area contributed by atoms with Crippen molar-refractivity contribution in [1.82, 2.24) is 5.32 Å². The number of benzene rings is 2. The van der Waals surface area contributed by atoms with Crippen molar-refractivity contribution in [3.05, 3.63) is 47.5 Å². The highest BCUT2D eigenvalue weighted by Crippen LogP contribution is 2.33. The molecule has 26 heavy (non-hydrogen) atoms. The third kappa shape index (κ3) is 3.67. The smallest absolute Gasteiger partial charge is 0.258 e. The first-order valence-electron chi connectivity index (χ1n) is 8.21. The summed E-state index contributed by atoms with van der Waals surface area (Å²) in [7, 11) is 2.96. The zero-order valence-corrected chi connectivity index (χ0v) is 14.7. The lowest BCUT2D eigenvalue weighted by Gasteiger charge is -2.20. The van der Waals surface area contributed by atoms with E-state index in [2.05, 4.69) is 5.32 Å². The van der Waals surface area contributed by atoms with E-state index >= 15 is 0 Å². The van der Waals surface area contributed by atoms with Crippen LogP contribution in [-0.2, 0) is 0 Å². The summed E-state index contributed by atoms with van der Waals surface area (Å²) in [4.78, 5) is 12.5. The van der Waals surface area contributed by atoms with Crippen LogP contribution in [0.2, 0.25) is 0 Å². The number of fused-ring (bicyclic) bond motifs is 1. The van der Waals surface area contributed by atoms with Gasteiger partial charge < -0.3 is 29.4 Å². The van der Waals surface area contributed by atoms with Gasteiger partial charge in [0.25, 0.3) is 5.91 Å². The quantitative estimate of drug-likeness (QED) is 0.820. The Labute approximate surface area is 151 Å². The molecule has 1 aliphatic rings. The first-order valence-corrected chi connectivity index (χ1v) is 8.21. The lowest BCUT2D eigenvalue weighted by atomic mass is 10.1. The molecule has 138 valence electrons. The Bertz CT molecular complexity index is 769. The number of carbonyl (C=O) groups excluding carboxylic acids is 1. The number of ether oxygens (including phenoxy) is 4. The second kappa shape index (κ2) is 7.97. The van der Waals surface area contributed by atoms with Gasteiger partial charge in [0, 0.05) is 6.54 Å².